The minimum Gasteiger partial charge on any atom is -0.273 e. The summed E-state index contributed by atoms with van der Waals surface area (Å²) in [6, 6.07) is 3.92. The summed E-state index contributed by atoms with van der Waals surface area (Å²) < 4.78 is 36.9. The van der Waals surface area contributed by atoms with Crippen molar-refractivity contribution in [3.05, 3.63) is 29.8 Å². The lowest BCUT2D eigenvalue weighted by Crippen LogP contribution is -2.28. The van der Waals surface area contributed by atoms with Crippen LogP contribution in [-0.2, 0) is 11.0 Å². The van der Waals surface area contributed by atoms with Crippen LogP contribution in [0.5, 0.6) is 0 Å². The van der Waals surface area contributed by atoms with E-state index in [1.54, 1.807) is 0 Å². The van der Waals surface area contributed by atoms with E-state index in [0.29, 0.717) is 0 Å². The summed E-state index contributed by atoms with van der Waals surface area (Å²) in [6.07, 6.45) is -4.42. The van der Waals surface area contributed by atoms with E-state index in [4.69, 9.17) is 0 Å². The van der Waals surface area contributed by atoms with Crippen LogP contribution in [0.15, 0.2) is 24.3 Å². The Balaban J connectivity index is 2.30. The molecule has 0 atom stereocenters. The van der Waals surface area contributed by atoms with Crippen LogP contribution in [0.3, 0.4) is 0 Å². The van der Waals surface area contributed by atoms with Gasteiger partial charge in [0.2, 0.25) is 5.91 Å². The molecule has 0 aliphatic carbocycles. The van der Waals surface area contributed by atoms with Gasteiger partial charge in [-0.2, -0.15) is 13.2 Å². The van der Waals surface area contributed by atoms with Gasteiger partial charge >= 0.3 is 6.18 Å². The van der Waals surface area contributed by atoms with Gasteiger partial charge in [-0.15, -0.1) is 0 Å². The normalized spacial score (nSPS) is 16.8. The molecular formula is C10H6F3NO2S. The zero-order valence-corrected chi connectivity index (χ0v) is 9.14. The minimum absolute atomic E-state index is 0.0276. The minimum atomic E-state index is -4.42. The number of amides is 2. The smallest absolute Gasteiger partial charge is 0.273 e. The number of carbonyl (C=O) groups excluding carboxylic acids is 2. The van der Waals surface area contributed by atoms with Crippen molar-refractivity contribution < 1.29 is 22.8 Å². The summed E-state index contributed by atoms with van der Waals surface area (Å²) in [5.41, 5.74) is -0.647. The van der Waals surface area contributed by atoms with Crippen molar-refractivity contribution in [3.8, 4) is 0 Å². The molecule has 1 aromatic carbocycles. The number of nitrogens with zero attached hydrogens (tertiary/aromatic N) is 1. The van der Waals surface area contributed by atoms with Crippen LogP contribution in [0.4, 0.5) is 23.7 Å². The van der Waals surface area contributed by atoms with E-state index in [9.17, 15) is 22.8 Å². The van der Waals surface area contributed by atoms with Gasteiger partial charge in [0.15, 0.2) is 0 Å². The fourth-order valence-electron chi connectivity index (χ4n) is 1.40. The average Bonchev–Trinajstić information content (AvgIpc) is 2.58. The Morgan fingerprint density at radius 3 is 2.12 bits per heavy atom. The molecule has 0 radical (unpaired) electrons. The molecule has 0 unspecified atom stereocenters. The van der Waals surface area contributed by atoms with Gasteiger partial charge in [-0.3, -0.25) is 9.59 Å². The van der Waals surface area contributed by atoms with Crippen LogP contribution < -0.4 is 4.90 Å². The summed E-state index contributed by atoms with van der Waals surface area (Å²) in [5, 5.41) is -0.463. The molecule has 2 rings (SSSR count). The number of hydrogen-bond donors (Lipinski definition) is 0. The number of imide groups is 1. The second-order valence-corrected chi connectivity index (χ2v) is 4.25. The third-order valence-corrected chi connectivity index (χ3v) is 3.02. The molecule has 1 aliphatic heterocycles. The van der Waals surface area contributed by atoms with Gasteiger partial charge in [-0.05, 0) is 24.3 Å². The van der Waals surface area contributed by atoms with E-state index in [1.807, 2.05) is 0 Å². The molecule has 3 nitrogen and oxygen atoms in total. The Morgan fingerprint density at radius 1 is 1.12 bits per heavy atom. The van der Waals surface area contributed by atoms with Gasteiger partial charge in [0.1, 0.15) is 0 Å². The molecule has 1 aliphatic rings. The summed E-state index contributed by atoms with van der Waals surface area (Å²) >= 11 is 0.833. The molecule has 1 fully saturated rings. The first-order chi connectivity index (χ1) is 7.89. The van der Waals surface area contributed by atoms with Crippen LogP contribution in [0, 0.1) is 0 Å². The number of alkyl halides is 3. The first kappa shape index (κ1) is 12.0. The lowest BCUT2D eigenvalue weighted by molar-refractivity contribution is -0.137. The molecule has 1 heterocycles. The van der Waals surface area contributed by atoms with Crippen molar-refractivity contribution >= 4 is 28.6 Å². The van der Waals surface area contributed by atoms with E-state index in [0.717, 1.165) is 40.9 Å². The first-order valence-corrected chi connectivity index (χ1v) is 5.55. The highest BCUT2D eigenvalue weighted by Gasteiger charge is 2.33. The topological polar surface area (TPSA) is 37.4 Å². The van der Waals surface area contributed by atoms with Crippen LogP contribution >= 0.6 is 11.8 Å². The number of halogens is 3. The maximum Gasteiger partial charge on any atom is 0.416 e. The van der Waals surface area contributed by atoms with Gasteiger partial charge in [-0.25, -0.2) is 4.90 Å². The molecule has 0 bridgehead atoms. The Labute approximate surface area is 98.6 Å². The Morgan fingerprint density at radius 2 is 1.71 bits per heavy atom. The summed E-state index contributed by atoms with van der Waals surface area (Å²) in [6.45, 7) is 0. The summed E-state index contributed by atoms with van der Waals surface area (Å²) in [4.78, 5) is 23.5. The van der Waals surface area contributed by atoms with Crippen molar-refractivity contribution in [2.75, 3.05) is 10.7 Å². The third-order valence-electron chi connectivity index (χ3n) is 2.20. The molecule has 1 saturated heterocycles. The van der Waals surface area contributed by atoms with Crippen LogP contribution in [0.25, 0.3) is 0 Å². The highest BCUT2D eigenvalue weighted by molar-refractivity contribution is 8.15. The predicted molar refractivity (Wildman–Crippen MR) is 56.8 cm³/mol. The Bertz CT molecular complexity index is 453. The van der Waals surface area contributed by atoms with Crippen molar-refractivity contribution in [1.82, 2.24) is 0 Å². The van der Waals surface area contributed by atoms with Crippen LogP contribution in [-0.4, -0.2) is 16.9 Å². The van der Waals surface area contributed by atoms with Crippen molar-refractivity contribution in [1.29, 1.82) is 0 Å². The number of carbonyl (C=O) groups is 2. The largest absolute Gasteiger partial charge is 0.416 e. The average molecular weight is 261 g/mol. The molecule has 17 heavy (non-hydrogen) atoms. The van der Waals surface area contributed by atoms with Gasteiger partial charge in [0.05, 0.1) is 17.0 Å². The molecule has 0 spiro atoms. The zero-order chi connectivity index (χ0) is 12.6. The fourth-order valence-corrected chi connectivity index (χ4v) is 2.12. The van der Waals surface area contributed by atoms with Crippen LogP contribution in [0.1, 0.15) is 5.56 Å². The molecule has 0 saturated carbocycles. The number of thioether (sulfide) groups is 1. The van der Waals surface area contributed by atoms with Crippen LogP contribution in [0.2, 0.25) is 0 Å². The van der Waals surface area contributed by atoms with E-state index in [1.165, 1.54) is 0 Å². The van der Waals surface area contributed by atoms with Gasteiger partial charge in [0, 0.05) is 0 Å². The molecule has 7 heteroatoms. The van der Waals surface area contributed by atoms with E-state index >= 15 is 0 Å². The zero-order valence-electron chi connectivity index (χ0n) is 8.32. The van der Waals surface area contributed by atoms with Crippen molar-refractivity contribution in [2.45, 2.75) is 6.18 Å². The second-order valence-electron chi connectivity index (χ2n) is 3.33. The van der Waals surface area contributed by atoms with Gasteiger partial charge in [-0.1, -0.05) is 11.8 Å². The first-order valence-electron chi connectivity index (χ1n) is 4.56. The van der Waals surface area contributed by atoms with Crippen molar-refractivity contribution in [2.24, 2.45) is 0 Å². The molecule has 1 aromatic rings. The summed E-state index contributed by atoms with van der Waals surface area (Å²) in [7, 11) is 0. The number of hydrogen-bond acceptors (Lipinski definition) is 3. The highest BCUT2D eigenvalue weighted by atomic mass is 32.2. The maximum absolute atomic E-state index is 12.3. The fraction of sp³-hybridized carbons (Fsp3) is 0.200. The van der Waals surface area contributed by atoms with Gasteiger partial charge in [0.25, 0.3) is 5.24 Å². The third kappa shape index (κ3) is 2.28. The highest BCUT2D eigenvalue weighted by Crippen LogP contribution is 2.32. The number of anilines is 1. The number of rotatable bonds is 1. The van der Waals surface area contributed by atoms with Crippen molar-refractivity contribution in [3.63, 3.8) is 0 Å². The molecular weight excluding hydrogens is 255 g/mol. The Hall–Kier alpha value is -1.50. The monoisotopic (exact) mass is 261 g/mol. The lowest BCUT2D eigenvalue weighted by Gasteiger charge is -2.13. The quantitative estimate of drug-likeness (QED) is 0.780. The van der Waals surface area contributed by atoms with E-state index in [-0.39, 0.29) is 11.4 Å². The Kier molecular flexibility index (Phi) is 2.86. The lowest BCUT2D eigenvalue weighted by atomic mass is 10.2. The molecule has 0 N–H and O–H groups in total. The van der Waals surface area contributed by atoms with Gasteiger partial charge < -0.3 is 0 Å². The molecule has 0 aromatic heterocycles. The molecule has 2 amide bonds. The predicted octanol–water partition coefficient (Wildman–Crippen LogP) is 2.91. The number of benzene rings is 1. The van der Waals surface area contributed by atoms with E-state index < -0.39 is 22.9 Å². The summed E-state index contributed by atoms with van der Waals surface area (Å²) in [5.74, 6) is -0.389. The molecule has 90 valence electrons. The standard InChI is InChI=1S/C10H6F3NO2S/c11-10(12,13)6-1-3-7(4-2-6)14-8(15)5-17-9(14)16/h1-4H,5H2. The van der Waals surface area contributed by atoms with E-state index in [2.05, 4.69) is 0 Å². The maximum atomic E-state index is 12.3. The second kappa shape index (κ2) is 4.06. The SMILES string of the molecule is O=C1CSC(=O)N1c1ccc(C(F)(F)F)cc1.